The van der Waals surface area contributed by atoms with Crippen LogP contribution in [0.5, 0.6) is 0 Å². The Labute approximate surface area is 190 Å². The van der Waals surface area contributed by atoms with Gasteiger partial charge in [0.1, 0.15) is 5.39 Å². The van der Waals surface area contributed by atoms with Gasteiger partial charge >= 0.3 is 0 Å². The van der Waals surface area contributed by atoms with Crippen LogP contribution in [0, 0.1) is 12.8 Å². The molecule has 0 saturated heterocycles. The molecule has 4 aromatic rings. The van der Waals surface area contributed by atoms with E-state index in [0.717, 1.165) is 36.6 Å². The molecule has 1 amide bonds. The Morgan fingerprint density at radius 1 is 1.16 bits per heavy atom. The van der Waals surface area contributed by atoms with Crippen LogP contribution in [0.3, 0.4) is 0 Å². The van der Waals surface area contributed by atoms with Crippen LogP contribution in [0.4, 0.5) is 0 Å². The lowest BCUT2D eigenvalue weighted by Crippen LogP contribution is -2.34. The molecule has 0 bridgehead atoms. The lowest BCUT2D eigenvalue weighted by atomic mass is 9.85. The van der Waals surface area contributed by atoms with Crippen molar-refractivity contribution in [1.29, 1.82) is 0 Å². The zero-order chi connectivity index (χ0) is 22.2. The SMILES string of the molecule is Cc1noc2c1c(=O)n([C@@H]1CCC[C@H](CNC(=O)c3ccccc3)C1)c1cccc(Cl)c21. The first kappa shape index (κ1) is 20.8. The predicted octanol–water partition coefficient (Wildman–Crippen LogP) is 5.27. The van der Waals surface area contributed by atoms with E-state index in [1.807, 2.05) is 47.0 Å². The van der Waals surface area contributed by atoms with Crippen LogP contribution in [-0.2, 0) is 0 Å². The Kier molecular flexibility index (Phi) is 5.47. The van der Waals surface area contributed by atoms with Crippen molar-refractivity contribution in [2.45, 2.75) is 38.6 Å². The summed E-state index contributed by atoms with van der Waals surface area (Å²) in [5, 5.41) is 8.85. The van der Waals surface area contributed by atoms with Crippen LogP contribution >= 0.6 is 11.6 Å². The Hall–Kier alpha value is -3.12. The number of aromatic nitrogens is 2. The number of rotatable bonds is 4. The molecule has 1 aliphatic rings. The topological polar surface area (TPSA) is 77.1 Å². The third-order valence-corrected chi connectivity index (χ3v) is 6.80. The highest BCUT2D eigenvalue weighted by atomic mass is 35.5. The van der Waals surface area contributed by atoms with Crippen LogP contribution < -0.4 is 10.9 Å². The first-order valence-corrected chi connectivity index (χ1v) is 11.3. The number of fused-ring (bicyclic) bond motifs is 3. The van der Waals surface area contributed by atoms with Crippen LogP contribution in [0.15, 0.2) is 57.8 Å². The van der Waals surface area contributed by atoms with Crippen molar-refractivity contribution in [2.24, 2.45) is 5.92 Å². The molecule has 0 aliphatic heterocycles. The van der Waals surface area contributed by atoms with Crippen molar-refractivity contribution in [3.8, 4) is 0 Å². The van der Waals surface area contributed by atoms with Gasteiger partial charge in [-0.3, -0.25) is 9.59 Å². The fraction of sp³-hybridized carbons (Fsp3) is 0.320. The van der Waals surface area contributed by atoms with Gasteiger partial charge in [0.25, 0.3) is 11.5 Å². The molecule has 0 unspecified atom stereocenters. The van der Waals surface area contributed by atoms with E-state index in [1.165, 1.54) is 0 Å². The van der Waals surface area contributed by atoms with Crippen molar-refractivity contribution in [3.63, 3.8) is 0 Å². The first-order chi connectivity index (χ1) is 15.5. The van der Waals surface area contributed by atoms with E-state index in [2.05, 4.69) is 10.5 Å². The molecule has 6 nitrogen and oxygen atoms in total. The second-order valence-corrected chi connectivity index (χ2v) is 8.95. The minimum Gasteiger partial charge on any atom is -0.355 e. The lowest BCUT2D eigenvalue weighted by Gasteiger charge is -2.31. The Morgan fingerprint density at radius 2 is 1.97 bits per heavy atom. The Balaban J connectivity index is 1.46. The number of benzene rings is 2. The Morgan fingerprint density at radius 3 is 2.78 bits per heavy atom. The van der Waals surface area contributed by atoms with Gasteiger partial charge in [0.05, 0.1) is 21.6 Å². The molecule has 164 valence electrons. The molecule has 1 fully saturated rings. The average molecular weight is 450 g/mol. The Bertz CT molecular complexity index is 1360. The average Bonchev–Trinajstić information content (AvgIpc) is 3.20. The molecular formula is C25H24ClN3O3. The summed E-state index contributed by atoms with van der Waals surface area (Å²) < 4.78 is 7.37. The van der Waals surface area contributed by atoms with Gasteiger partial charge in [-0.2, -0.15) is 0 Å². The molecule has 2 atom stereocenters. The first-order valence-electron chi connectivity index (χ1n) is 11.0. The van der Waals surface area contributed by atoms with Gasteiger partial charge in [0.2, 0.25) is 0 Å². The van der Waals surface area contributed by atoms with Gasteiger partial charge in [-0.25, -0.2) is 0 Å². The summed E-state index contributed by atoms with van der Waals surface area (Å²) >= 11 is 6.53. The largest absolute Gasteiger partial charge is 0.355 e. The lowest BCUT2D eigenvalue weighted by molar-refractivity contribution is 0.0940. The zero-order valence-electron chi connectivity index (χ0n) is 17.8. The third-order valence-electron chi connectivity index (χ3n) is 6.48. The molecule has 5 rings (SSSR count). The van der Waals surface area contributed by atoms with Crippen molar-refractivity contribution < 1.29 is 9.32 Å². The quantitative estimate of drug-likeness (QED) is 0.460. The van der Waals surface area contributed by atoms with Crippen molar-refractivity contribution in [3.05, 3.63) is 75.2 Å². The summed E-state index contributed by atoms with van der Waals surface area (Å²) in [6, 6.07) is 14.8. The van der Waals surface area contributed by atoms with Gasteiger partial charge in [0, 0.05) is 18.2 Å². The van der Waals surface area contributed by atoms with E-state index >= 15 is 0 Å². The van der Waals surface area contributed by atoms with Crippen LogP contribution in [0.1, 0.15) is 47.8 Å². The van der Waals surface area contributed by atoms with E-state index in [0.29, 0.717) is 39.7 Å². The summed E-state index contributed by atoms with van der Waals surface area (Å²) in [5.74, 6) is 0.227. The van der Waals surface area contributed by atoms with Crippen molar-refractivity contribution in [2.75, 3.05) is 6.54 Å². The van der Waals surface area contributed by atoms with Crippen LogP contribution in [-0.4, -0.2) is 22.2 Å². The minimum absolute atomic E-state index is 0.0227. The van der Waals surface area contributed by atoms with E-state index in [4.69, 9.17) is 16.1 Å². The molecule has 1 saturated carbocycles. The fourth-order valence-electron chi connectivity index (χ4n) is 4.93. The van der Waals surface area contributed by atoms with Crippen LogP contribution in [0.25, 0.3) is 21.9 Å². The van der Waals surface area contributed by atoms with Gasteiger partial charge < -0.3 is 14.4 Å². The summed E-state index contributed by atoms with van der Waals surface area (Å²) in [6.45, 7) is 2.37. The van der Waals surface area contributed by atoms with Gasteiger partial charge in [-0.05, 0) is 56.4 Å². The molecule has 0 spiro atoms. The number of halogens is 1. The maximum absolute atomic E-state index is 13.5. The smallest absolute Gasteiger partial charge is 0.264 e. The molecule has 2 heterocycles. The van der Waals surface area contributed by atoms with Crippen molar-refractivity contribution in [1.82, 2.24) is 15.0 Å². The number of hydrogen-bond acceptors (Lipinski definition) is 4. The van der Waals surface area contributed by atoms with E-state index in [-0.39, 0.29) is 17.5 Å². The molecule has 2 aromatic carbocycles. The maximum Gasteiger partial charge on any atom is 0.264 e. The zero-order valence-corrected chi connectivity index (χ0v) is 18.6. The van der Waals surface area contributed by atoms with E-state index in [9.17, 15) is 9.59 Å². The summed E-state index contributed by atoms with van der Waals surface area (Å²) in [5.41, 5.74) is 2.36. The number of carbonyl (C=O) groups excluding carboxylic acids is 1. The summed E-state index contributed by atoms with van der Waals surface area (Å²) in [6.07, 6.45) is 3.73. The third kappa shape index (κ3) is 3.58. The number of nitrogens with zero attached hydrogens (tertiary/aromatic N) is 2. The number of aryl methyl sites for hydroxylation is 1. The van der Waals surface area contributed by atoms with Crippen molar-refractivity contribution >= 4 is 39.4 Å². The monoisotopic (exact) mass is 449 g/mol. The maximum atomic E-state index is 13.5. The van der Waals surface area contributed by atoms with Crippen LogP contribution in [0.2, 0.25) is 5.02 Å². The fourth-order valence-corrected chi connectivity index (χ4v) is 5.19. The van der Waals surface area contributed by atoms with E-state index < -0.39 is 0 Å². The highest BCUT2D eigenvalue weighted by Gasteiger charge is 2.28. The number of carbonyl (C=O) groups is 1. The van der Waals surface area contributed by atoms with Gasteiger partial charge in [-0.1, -0.05) is 47.4 Å². The molecule has 1 N–H and O–H groups in total. The summed E-state index contributed by atoms with van der Waals surface area (Å²) in [7, 11) is 0. The van der Waals surface area contributed by atoms with Gasteiger partial charge in [-0.15, -0.1) is 0 Å². The summed E-state index contributed by atoms with van der Waals surface area (Å²) in [4.78, 5) is 26.0. The highest BCUT2D eigenvalue weighted by Crippen LogP contribution is 2.37. The van der Waals surface area contributed by atoms with Gasteiger partial charge in [0.15, 0.2) is 5.58 Å². The molecule has 2 aromatic heterocycles. The molecule has 7 heteroatoms. The normalized spacial score (nSPS) is 18.8. The second kappa shape index (κ2) is 8.43. The van der Waals surface area contributed by atoms with E-state index in [1.54, 1.807) is 13.0 Å². The molecular weight excluding hydrogens is 426 g/mol. The number of hydrogen-bond donors (Lipinski definition) is 1. The molecule has 32 heavy (non-hydrogen) atoms. The predicted molar refractivity (Wildman–Crippen MR) is 125 cm³/mol. The second-order valence-electron chi connectivity index (χ2n) is 8.54. The number of pyridine rings is 1. The highest BCUT2D eigenvalue weighted by molar-refractivity contribution is 6.37. The number of amides is 1. The standard InChI is InChI=1S/C25H24ClN3O3/c1-15-21-23(32-28-15)22-19(26)11-6-12-20(22)29(25(21)31)18-10-5-7-16(13-18)14-27-24(30)17-8-3-2-4-9-17/h2-4,6,8-9,11-12,16,18H,5,7,10,13-14H2,1H3,(H,27,30)/t16-,18+/m0/s1. The molecule has 1 aliphatic carbocycles. The minimum atomic E-state index is -0.0903. The number of nitrogens with one attached hydrogen (secondary N) is 1. The molecule has 0 radical (unpaired) electrons.